The predicted octanol–water partition coefficient (Wildman–Crippen LogP) is 2.22. The Hall–Kier alpha value is -1.88. The van der Waals surface area contributed by atoms with Gasteiger partial charge in [-0.2, -0.15) is 0 Å². The number of rotatable bonds is 2. The molecule has 1 aromatic carbocycles. The van der Waals surface area contributed by atoms with E-state index in [0.717, 1.165) is 0 Å². The molecule has 0 unspecified atom stereocenters. The number of aromatic nitrogens is 2. The van der Waals surface area contributed by atoms with Gasteiger partial charge in [0.25, 0.3) is 0 Å². The van der Waals surface area contributed by atoms with Crippen LogP contribution in [-0.2, 0) is 4.79 Å². The normalized spacial score (nSPS) is 10.3. The van der Waals surface area contributed by atoms with Crippen LogP contribution in [0.1, 0.15) is 6.92 Å². The first kappa shape index (κ1) is 11.6. The number of esters is 1. The minimum Gasteiger partial charge on any atom is -0.493 e. The van der Waals surface area contributed by atoms with E-state index < -0.39 is 5.97 Å². The molecule has 0 aliphatic carbocycles. The van der Waals surface area contributed by atoms with E-state index in [2.05, 4.69) is 9.97 Å². The second-order valence-electron chi connectivity index (χ2n) is 3.29. The first-order valence-electron chi connectivity index (χ1n) is 4.79. The average molecular weight is 253 g/mol. The minimum atomic E-state index is -0.419. The molecule has 0 atom stereocenters. The SMILES string of the molecule is COc1cc2nc(Cl)ncc2cc1OC(C)=O. The van der Waals surface area contributed by atoms with Gasteiger partial charge in [0.15, 0.2) is 11.5 Å². The van der Waals surface area contributed by atoms with Crippen molar-refractivity contribution in [2.24, 2.45) is 0 Å². The highest BCUT2D eigenvalue weighted by molar-refractivity contribution is 6.28. The van der Waals surface area contributed by atoms with Crippen LogP contribution in [0.2, 0.25) is 5.28 Å². The fourth-order valence-electron chi connectivity index (χ4n) is 1.41. The van der Waals surface area contributed by atoms with Crippen LogP contribution in [0.25, 0.3) is 10.9 Å². The standard InChI is InChI=1S/C11H9ClN2O3/c1-6(15)17-10-3-7-5-13-11(12)14-8(7)4-9(10)16-2/h3-5H,1-2H3. The fraction of sp³-hybridized carbons (Fsp3) is 0.182. The molecule has 6 heteroatoms. The van der Waals surface area contributed by atoms with E-state index in [9.17, 15) is 4.79 Å². The summed E-state index contributed by atoms with van der Waals surface area (Å²) >= 11 is 5.69. The molecule has 0 saturated carbocycles. The maximum atomic E-state index is 10.9. The molecule has 0 aliphatic rings. The quantitative estimate of drug-likeness (QED) is 0.466. The smallest absolute Gasteiger partial charge is 0.308 e. The number of ether oxygens (including phenoxy) is 2. The van der Waals surface area contributed by atoms with Crippen LogP contribution < -0.4 is 9.47 Å². The molecule has 17 heavy (non-hydrogen) atoms. The molecule has 5 nitrogen and oxygen atoms in total. The third-order valence-corrected chi connectivity index (χ3v) is 2.27. The van der Waals surface area contributed by atoms with Crippen molar-refractivity contribution in [3.8, 4) is 11.5 Å². The van der Waals surface area contributed by atoms with E-state index in [1.165, 1.54) is 14.0 Å². The van der Waals surface area contributed by atoms with Gasteiger partial charge in [0.05, 0.1) is 12.6 Å². The lowest BCUT2D eigenvalue weighted by molar-refractivity contribution is -0.131. The molecule has 0 N–H and O–H groups in total. The summed E-state index contributed by atoms with van der Waals surface area (Å²) in [5, 5.41) is 0.867. The predicted molar refractivity (Wildman–Crippen MR) is 62.4 cm³/mol. The summed E-state index contributed by atoms with van der Waals surface area (Å²) in [6, 6.07) is 3.27. The van der Waals surface area contributed by atoms with E-state index in [-0.39, 0.29) is 5.28 Å². The highest BCUT2D eigenvalue weighted by Crippen LogP contribution is 2.31. The van der Waals surface area contributed by atoms with Gasteiger partial charge in [-0.25, -0.2) is 9.97 Å². The maximum Gasteiger partial charge on any atom is 0.308 e. The number of methoxy groups -OCH3 is 1. The number of hydrogen-bond acceptors (Lipinski definition) is 5. The van der Waals surface area contributed by atoms with Crippen LogP contribution >= 0.6 is 11.6 Å². The molecule has 1 aromatic heterocycles. The maximum absolute atomic E-state index is 10.9. The van der Waals surface area contributed by atoms with Gasteiger partial charge >= 0.3 is 5.97 Å². The van der Waals surface area contributed by atoms with Crippen LogP contribution in [0.4, 0.5) is 0 Å². The Morgan fingerprint density at radius 2 is 2.12 bits per heavy atom. The van der Waals surface area contributed by atoms with Crippen LogP contribution in [0, 0.1) is 0 Å². The number of halogens is 1. The lowest BCUT2D eigenvalue weighted by Crippen LogP contribution is -2.03. The zero-order valence-electron chi connectivity index (χ0n) is 9.23. The summed E-state index contributed by atoms with van der Waals surface area (Å²) in [6.45, 7) is 1.32. The summed E-state index contributed by atoms with van der Waals surface area (Å²) in [5.41, 5.74) is 0.623. The van der Waals surface area contributed by atoms with E-state index in [4.69, 9.17) is 21.1 Å². The molecular formula is C11H9ClN2O3. The topological polar surface area (TPSA) is 61.3 Å². The second-order valence-corrected chi connectivity index (χ2v) is 3.63. The van der Waals surface area contributed by atoms with Gasteiger partial charge < -0.3 is 9.47 Å². The van der Waals surface area contributed by atoms with Crippen molar-refractivity contribution < 1.29 is 14.3 Å². The van der Waals surface area contributed by atoms with Crippen LogP contribution in [0.15, 0.2) is 18.3 Å². The molecule has 0 spiro atoms. The van der Waals surface area contributed by atoms with Crippen molar-refractivity contribution in [1.29, 1.82) is 0 Å². The molecule has 0 amide bonds. The van der Waals surface area contributed by atoms with Gasteiger partial charge in [-0.05, 0) is 17.7 Å². The lowest BCUT2D eigenvalue weighted by atomic mass is 10.2. The summed E-state index contributed by atoms with van der Waals surface area (Å²) in [7, 11) is 1.48. The van der Waals surface area contributed by atoms with Crippen LogP contribution in [0.3, 0.4) is 0 Å². The van der Waals surface area contributed by atoms with Crippen molar-refractivity contribution in [2.75, 3.05) is 7.11 Å². The van der Waals surface area contributed by atoms with Gasteiger partial charge in [0.1, 0.15) is 0 Å². The summed E-state index contributed by atoms with van der Waals surface area (Å²) in [5.74, 6) is 0.332. The van der Waals surface area contributed by atoms with E-state index >= 15 is 0 Å². The molecule has 0 fully saturated rings. The zero-order valence-corrected chi connectivity index (χ0v) is 9.99. The summed E-state index contributed by atoms with van der Waals surface area (Å²) in [4.78, 5) is 18.8. The Morgan fingerprint density at radius 3 is 2.76 bits per heavy atom. The molecule has 0 saturated heterocycles. The van der Waals surface area contributed by atoms with Crippen molar-refractivity contribution in [3.05, 3.63) is 23.6 Å². The fourth-order valence-corrected chi connectivity index (χ4v) is 1.55. The average Bonchev–Trinajstić information content (AvgIpc) is 2.28. The molecule has 2 rings (SSSR count). The van der Waals surface area contributed by atoms with E-state index in [1.54, 1.807) is 18.3 Å². The molecule has 2 aromatic rings. The minimum absolute atomic E-state index is 0.153. The Bertz CT molecular complexity index is 586. The third kappa shape index (κ3) is 2.45. The van der Waals surface area contributed by atoms with Crippen molar-refractivity contribution >= 4 is 28.5 Å². The van der Waals surface area contributed by atoms with E-state index in [1.807, 2.05) is 0 Å². The largest absolute Gasteiger partial charge is 0.493 e. The number of carbonyl (C=O) groups excluding carboxylic acids is 1. The van der Waals surface area contributed by atoms with Crippen molar-refractivity contribution in [2.45, 2.75) is 6.92 Å². The molecule has 88 valence electrons. The Morgan fingerprint density at radius 1 is 1.35 bits per heavy atom. The Labute approximate surface area is 102 Å². The molecule has 1 heterocycles. The monoisotopic (exact) mass is 252 g/mol. The van der Waals surface area contributed by atoms with Gasteiger partial charge in [0.2, 0.25) is 5.28 Å². The third-order valence-electron chi connectivity index (χ3n) is 2.09. The van der Waals surface area contributed by atoms with Gasteiger partial charge in [-0.3, -0.25) is 4.79 Å². The Kier molecular flexibility index (Phi) is 3.10. The number of hydrogen-bond donors (Lipinski definition) is 0. The molecule has 0 bridgehead atoms. The highest BCUT2D eigenvalue weighted by atomic mass is 35.5. The van der Waals surface area contributed by atoms with Gasteiger partial charge in [0, 0.05) is 24.6 Å². The summed E-state index contributed by atoms with van der Waals surface area (Å²) < 4.78 is 10.1. The molecule has 0 aliphatic heterocycles. The molecule has 0 radical (unpaired) electrons. The number of nitrogens with zero attached hydrogens (tertiary/aromatic N) is 2. The summed E-state index contributed by atoms with van der Waals surface area (Å²) in [6.07, 6.45) is 1.55. The van der Waals surface area contributed by atoms with Gasteiger partial charge in [-0.15, -0.1) is 0 Å². The van der Waals surface area contributed by atoms with Crippen LogP contribution in [-0.4, -0.2) is 23.0 Å². The number of benzene rings is 1. The van der Waals surface area contributed by atoms with Crippen LogP contribution in [0.5, 0.6) is 11.5 Å². The lowest BCUT2D eigenvalue weighted by Gasteiger charge is -2.08. The van der Waals surface area contributed by atoms with Crippen molar-refractivity contribution in [1.82, 2.24) is 9.97 Å². The van der Waals surface area contributed by atoms with Crippen molar-refractivity contribution in [3.63, 3.8) is 0 Å². The molecular weight excluding hydrogens is 244 g/mol. The highest BCUT2D eigenvalue weighted by Gasteiger charge is 2.10. The first-order valence-corrected chi connectivity index (χ1v) is 5.16. The van der Waals surface area contributed by atoms with Gasteiger partial charge in [-0.1, -0.05) is 0 Å². The number of carbonyl (C=O) groups is 1. The second kappa shape index (κ2) is 4.55. The Balaban J connectivity index is 2.60. The first-order chi connectivity index (χ1) is 8.10. The zero-order chi connectivity index (χ0) is 12.4. The number of fused-ring (bicyclic) bond motifs is 1. The van der Waals surface area contributed by atoms with E-state index in [0.29, 0.717) is 22.4 Å².